The van der Waals surface area contributed by atoms with Gasteiger partial charge in [-0.1, -0.05) is 26.0 Å². The average Bonchev–Trinajstić information content (AvgIpc) is 2.46. The Labute approximate surface area is 149 Å². The maximum absolute atomic E-state index is 10.6. The van der Waals surface area contributed by atoms with Crippen molar-refractivity contribution in [3.8, 4) is 0 Å². The van der Waals surface area contributed by atoms with Gasteiger partial charge >= 0.3 is 0 Å². The SMILES string of the molecule is CN=C(NCCCC(C)C)NCc1ccc([N+](=O)[O-])cc1.I. The third-order valence-corrected chi connectivity index (χ3v) is 3.08. The molecule has 0 aliphatic heterocycles. The molecular formula is C15H25IN4O2. The number of nitrogens with one attached hydrogen (secondary N) is 2. The van der Waals surface area contributed by atoms with E-state index in [4.69, 9.17) is 0 Å². The van der Waals surface area contributed by atoms with Crippen molar-refractivity contribution in [2.45, 2.75) is 33.2 Å². The van der Waals surface area contributed by atoms with E-state index in [-0.39, 0.29) is 29.7 Å². The number of nitrogens with zero attached hydrogens (tertiary/aromatic N) is 2. The highest BCUT2D eigenvalue weighted by atomic mass is 127. The van der Waals surface area contributed by atoms with Crippen LogP contribution < -0.4 is 10.6 Å². The molecule has 0 amide bonds. The second kappa shape index (κ2) is 11.2. The fourth-order valence-corrected chi connectivity index (χ4v) is 1.86. The minimum Gasteiger partial charge on any atom is -0.356 e. The summed E-state index contributed by atoms with van der Waals surface area (Å²) < 4.78 is 0. The predicted octanol–water partition coefficient (Wildman–Crippen LogP) is 3.31. The molecule has 0 aromatic heterocycles. The Morgan fingerprint density at radius 2 is 1.91 bits per heavy atom. The van der Waals surface area contributed by atoms with Gasteiger partial charge in [-0.05, 0) is 24.3 Å². The lowest BCUT2D eigenvalue weighted by Crippen LogP contribution is -2.37. The second-order valence-electron chi connectivity index (χ2n) is 5.31. The van der Waals surface area contributed by atoms with Gasteiger partial charge in [0.15, 0.2) is 5.96 Å². The van der Waals surface area contributed by atoms with E-state index < -0.39 is 4.92 Å². The van der Waals surface area contributed by atoms with Crippen molar-refractivity contribution in [2.24, 2.45) is 10.9 Å². The lowest BCUT2D eigenvalue weighted by Gasteiger charge is -2.12. The van der Waals surface area contributed by atoms with Gasteiger partial charge in [0, 0.05) is 32.3 Å². The number of hydrogen-bond donors (Lipinski definition) is 2. The third-order valence-electron chi connectivity index (χ3n) is 3.08. The van der Waals surface area contributed by atoms with Gasteiger partial charge in [0.25, 0.3) is 5.69 Å². The molecule has 0 aliphatic rings. The Morgan fingerprint density at radius 1 is 1.27 bits per heavy atom. The zero-order valence-electron chi connectivity index (χ0n) is 13.3. The molecular weight excluding hydrogens is 395 g/mol. The first kappa shape index (κ1) is 20.6. The summed E-state index contributed by atoms with van der Waals surface area (Å²) >= 11 is 0. The van der Waals surface area contributed by atoms with E-state index >= 15 is 0 Å². The molecule has 0 atom stereocenters. The highest BCUT2D eigenvalue weighted by molar-refractivity contribution is 14.0. The van der Waals surface area contributed by atoms with Gasteiger partial charge in [-0.25, -0.2) is 0 Å². The van der Waals surface area contributed by atoms with Crippen molar-refractivity contribution >= 4 is 35.6 Å². The van der Waals surface area contributed by atoms with Crippen LogP contribution in [0.1, 0.15) is 32.3 Å². The van der Waals surface area contributed by atoms with Crippen molar-refractivity contribution in [1.29, 1.82) is 0 Å². The summed E-state index contributed by atoms with van der Waals surface area (Å²) in [4.78, 5) is 14.3. The van der Waals surface area contributed by atoms with Crippen LogP contribution in [-0.4, -0.2) is 24.5 Å². The number of rotatable bonds is 7. The molecule has 0 saturated heterocycles. The number of nitro groups is 1. The van der Waals surface area contributed by atoms with Crippen molar-refractivity contribution in [3.63, 3.8) is 0 Å². The number of guanidine groups is 1. The fraction of sp³-hybridized carbons (Fsp3) is 0.533. The standard InChI is InChI=1S/C15H24N4O2.HI/c1-12(2)5-4-10-17-15(16-3)18-11-13-6-8-14(9-7-13)19(20)21;/h6-9,12H,4-5,10-11H2,1-3H3,(H2,16,17,18);1H. The van der Waals surface area contributed by atoms with Crippen LogP contribution in [0.5, 0.6) is 0 Å². The van der Waals surface area contributed by atoms with Gasteiger partial charge in [-0.2, -0.15) is 0 Å². The maximum Gasteiger partial charge on any atom is 0.269 e. The van der Waals surface area contributed by atoms with Crippen LogP contribution in [-0.2, 0) is 6.54 Å². The molecule has 0 saturated carbocycles. The average molecular weight is 420 g/mol. The molecule has 124 valence electrons. The van der Waals surface area contributed by atoms with E-state index in [1.165, 1.54) is 18.6 Å². The van der Waals surface area contributed by atoms with Gasteiger partial charge in [-0.3, -0.25) is 15.1 Å². The van der Waals surface area contributed by atoms with Gasteiger partial charge < -0.3 is 10.6 Å². The molecule has 0 bridgehead atoms. The van der Waals surface area contributed by atoms with Crippen LogP contribution >= 0.6 is 24.0 Å². The van der Waals surface area contributed by atoms with E-state index in [2.05, 4.69) is 29.5 Å². The number of nitro benzene ring substituents is 1. The maximum atomic E-state index is 10.6. The second-order valence-corrected chi connectivity index (χ2v) is 5.31. The van der Waals surface area contributed by atoms with Crippen molar-refractivity contribution in [2.75, 3.05) is 13.6 Å². The highest BCUT2D eigenvalue weighted by Gasteiger charge is 2.04. The number of hydrogen-bond acceptors (Lipinski definition) is 3. The van der Waals surface area contributed by atoms with Crippen molar-refractivity contribution in [3.05, 3.63) is 39.9 Å². The molecule has 1 aromatic rings. The zero-order valence-corrected chi connectivity index (χ0v) is 15.7. The molecule has 0 heterocycles. The van der Waals surface area contributed by atoms with Crippen LogP contribution in [0.25, 0.3) is 0 Å². The molecule has 7 heteroatoms. The van der Waals surface area contributed by atoms with Crippen LogP contribution in [0, 0.1) is 16.0 Å². The Balaban J connectivity index is 0.00000441. The molecule has 6 nitrogen and oxygen atoms in total. The van der Waals surface area contributed by atoms with Crippen LogP contribution in [0.4, 0.5) is 5.69 Å². The summed E-state index contributed by atoms with van der Waals surface area (Å²) in [5.41, 5.74) is 1.08. The first-order valence-electron chi connectivity index (χ1n) is 7.20. The third kappa shape index (κ3) is 8.16. The Morgan fingerprint density at radius 3 is 2.41 bits per heavy atom. The van der Waals surface area contributed by atoms with Gasteiger partial charge in [0.2, 0.25) is 0 Å². The van der Waals surface area contributed by atoms with Gasteiger partial charge in [-0.15, -0.1) is 24.0 Å². The molecule has 22 heavy (non-hydrogen) atoms. The number of halogens is 1. The lowest BCUT2D eigenvalue weighted by molar-refractivity contribution is -0.384. The van der Waals surface area contributed by atoms with Crippen molar-refractivity contribution < 1.29 is 4.92 Å². The smallest absolute Gasteiger partial charge is 0.269 e. The number of non-ortho nitro benzene ring substituents is 1. The van der Waals surface area contributed by atoms with Crippen LogP contribution in [0.15, 0.2) is 29.3 Å². The normalized spacial score (nSPS) is 11.0. The monoisotopic (exact) mass is 420 g/mol. The van der Waals surface area contributed by atoms with E-state index in [9.17, 15) is 10.1 Å². The number of aliphatic imine (C=N–C) groups is 1. The molecule has 1 aromatic carbocycles. The Hall–Kier alpha value is -1.38. The summed E-state index contributed by atoms with van der Waals surface area (Å²) in [5, 5.41) is 17.0. The topological polar surface area (TPSA) is 79.6 Å². The summed E-state index contributed by atoms with van der Waals surface area (Å²) in [6.45, 7) is 5.89. The quantitative estimate of drug-likeness (QED) is 0.177. The van der Waals surface area contributed by atoms with E-state index in [1.807, 2.05) is 0 Å². The van der Waals surface area contributed by atoms with Crippen molar-refractivity contribution in [1.82, 2.24) is 10.6 Å². The Bertz CT molecular complexity index is 475. The van der Waals surface area contributed by atoms with Gasteiger partial charge in [0.05, 0.1) is 4.92 Å². The molecule has 0 fully saturated rings. The summed E-state index contributed by atoms with van der Waals surface area (Å²) in [6.07, 6.45) is 2.29. The van der Waals surface area contributed by atoms with E-state index in [0.29, 0.717) is 12.5 Å². The minimum atomic E-state index is -0.396. The molecule has 0 unspecified atom stereocenters. The van der Waals surface area contributed by atoms with E-state index in [0.717, 1.165) is 24.5 Å². The minimum absolute atomic E-state index is 0. The molecule has 0 radical (unpaired) electrons. The van der Waals surface area contributed by atoms with E-state index in [1.54, 1.807) is 19.2 Å². The fourth-order valence-electron chi connectivity index (χ4n) is 1.86. The molecule has 0 spiro atoms. The summed E-state index contributed by atoms with van der Waals surface area (Å²) in [7, 11) is 1.73. The largest absolute Gasteiger partial charge is 0.356 e. The molecule has 1 rings (SSSR count). The van der Waals surface area contributed by atoms with Crippen LogP contribution in [0.2, 0.25) is 0 Å². The summed E-state index contributed by atoms with van der Waals surface area (Å²) in [5.74, 6) is 1.46. The number of benzene rings is 1. The Kier molecular flexibility index (Phi) is 10.5. The van der Waals surface area contributed by atoms with Gasteiger partial charge in [0.1, 0.15) is 0 Å². The zero-order chi connectivity index (χ0) is 15.7. The molecule has 0 aliphatic carbocycles. The van der Waals surface area contributed by atoms with Crippen LogP contribution in [0.3, 0.4) is 0 Å². The first-order valence-corrected chi connectivity index (χ1v) is 7.20. The lowest BCUT2D eigenvalue weighted by atomic mass is 10.1. The summed E-state index contributed by atoms with van der Waals surface area (Å²) in [6, 6.07) is 6.51. The predicted molar refractivity (Wildman–Crippen MR) is 101 cm³/mol. The molecule has 2 N–H and O–H groups in total. The first-order chi connectivity index (χ1) is 10.0. The highest BCUT2D eigenvalue weighted by Crippen LogP contribution is 2.11.